The van der Waals surface area contributed by atoms with Gasteiger partial charge in [-0.25, -0.2) is 8.78 Å². The molecule has 0 atom stereocenters. The van der Waals surface area contributed by atoms with Crippen molar-refractivity contribution in [2.24, 2.45) is 0 Å². The molecule has 1 aliphatic heterocycles. The summed E-state index contributed by atoms with van der Waals surface area (Å²) in [6, 6.07) is 3.86. The summed E-state index contributed by atoms with van der Waals surface area (Å²) in [5.41, 5.74) is -0.581. The Bertz CT molecular complexity index is 368. The first-order chi connectivity index (χ1) is 7.54. The first-order valence-electron chi connectivity index (χ1n) is 5.42. The molecule has 1 N–H and O–H groups in total. The van der Waals surface area contributed by atoms with Gasteiger partial charge in [-0.3, -0.25) is 4.90 Å². The van der Waals surface area contributed by atoms with E-state index >= 15 is 0 Å². The Morgan fingerprint density at radius 1 is 1.31 bits per heavy atom. The maximum Gasteiger partial charge on any atom is 0.130 e. The summed E-state index contributed by atoms with van der Waals surface area (Å²) in [5, 5.41) is 9.78. The summed E-state index contributed by atoms with van der Waals surface area (Å²) >= 11 is 0. The number of nitrogens with zero attached hydrogens (tertiary/aromatic N) is 1. The average molecular weight is 227 g/mol. The molecule has 1 heterocycles. The smallest absolute Gasteiger partial charge is 0.130 e. The number of rotatable bonds is 3. The van der Waals surface area contributed by atoms with E-state index in [4.69, 9.17) is 0 Å². The monoisotopic (exact) mass is 227 g/mol. The molecule has 0 saturated carbocycles. The first kappa shape index (κ1) is 11.5. The van der Waals surface area contributed by atoms with Crippen LogP contribution in [0.2, 0.25) is 0 Å². The molecule has 16 heavy (non-hydrogen) atoms. The fourth-order valence-corrected chi connectivity index (χ4v) is 2.03. The zero-order chi connectivity index (χ0) is 11.8. The Labute approximate surface area is 93.5 Å². The van der Waals surface area contributed by atoms with Gasteiger partial charge in [-0.05, 0) is 18.6 Å². The standard InChI is InChI=1S/C12H15F2NO/c1-2-12(16)7-15(8-12)6-9-10(13)4-3-5-11(9)14/h3-5,16H,2,6-8H2,1H3. The molecule has 1 saturated heterocycles. The van der Waals surface area contributed by atoms with E-state index in [0.717, 1.165) is 0 Å². The minimum atomic E-state index is -0.665. The molecular formula is C12H15F2NO. The second-order valence-electron chi connectivity index (χ2n) is 4.42. The van der Waals surface area contributed by atoms with Crippen LogP contribution in [0.4, 0.5) is 8.78 Å². The minimum Gasteiger partial charge on any atom is -0.387 e. The lowest BCUT2D eigenvalue weighted by Crippen LogP contribution is -2.60. The Kier molecular flexibility index (Phi) is 2.95. The van der Waals surface area contributed by atoms with E-state index in [1.165, 1.54) is 18.2 Å². The van der Waals surface area contributed by atoms with Gasteiger partial charge in [-0.15, -0.1) is 0 Å². The molecule has 1 aromatic carbocycles. The molecule has 0 bridgehead atoms. The quantitative estimate of drug-likeness (QED) is 0.852. The summed E-state index contributed by atoms with van der Waals surface area (Å²) in [6.45, 7) is 3.09. The lowest BCUT2D eigenvalue weighted by molar-refractivity contribution is -0.104. The average Bonchev–Trinajstić information content (AvgIpc) is 2.20. The number of aliphatic hydroxyl groups is 1. The number of hydrogen-bond acceptors (Lipinski definition) is 2. The Balaban J connectivity index is 2.02. The third kappa shape index (κ3) is 2.08. The third-order valence-corrected chi connectivity index (χ3v) is 3.14. The van der Waals surface area contributed by atoms with Crippen molar-refractivity contribution >= 4 is 0 Å². The molecule has 0 radical (unpaired) electrons. The lowest BCUT2D eigenvalue weighted by Gasteiger charge is -2.46. The summed E-state index contributed by atoms with van der Waals surface area (Å²) in [6.07, 6.45) is 0.670. The van der Waals surface area contributed by atoms with Gasteiger partial charge in [0.2, 0.25) is 0 Å². The summed E-state index contributed by atoms with van der Waals surface area (Å²) in [5.74, 6) is -1.04. The fraction of sp³-hybridized carbons (Fsp3) is 0.500. The molecule has 4 heteroatoms. The number of β-amino-alcohol motifs (C(OH)–C–C–N with tert-alkyl or cyclic N) is 1. The second-order valence-corrected chi connectivity index (χ2v) is 4.42. The van der Waals surface area contributed by atoms with Crippen LogP contribution in [-0.4, -0.2) is 28.7 Å². The second kappa shape index (κ2) is 4.11. The van der Waals surface area contributed by atoms with Crippen LogP contribution in [-0.2, 0) is 6.54 Å². The Morgan fingerprint density at radius 3 is 2.38 bits per heavy atom. The van der Waals surface area contributed by atoms with Crippen LogP contribution >= 0.6 is 0 Å². The van der Waals surface area contributed by atoms with Crippen molar-refractivity contribution in [2.45, 2.75) is 25.5 Å². The van der Waals surface area contributed by atoms with Crippen LogP contribution in [0.1, 0.15) is 18.9 Å². The highest BCUT2D eigenvalue weighted by molar-refractivity contribution is 5.20. The molecule has 0 aliphatic carbocycles. The summed E-state index contributed by atoms with van der Waals surface area (Å²) in [4.78, 5) is 1.84. The van der Waals surface area contributed by atoms with Gasteiger partial charge in [-0.1, -0.05) is 13.0 Å². The maximum absolute atomic E-state index is 13.3. The van der Waals surface area contributed by atoms with Crippen LogP contribution in [0, 0.1) is 11.6 Å². The highest BCUT2D eigenvalue weighted by Crippen LogP contribution is 2.26. The molecule has 1 aliphatic rings. The molecule has 1 fully saturated rings. The van der Waals surface area contributed by atoms with Crippen molar-refractivity contribution in [1.29, 1.82) is 0 Å². The van der Waals surface area contributed by atoms with Crippen LogP contribution in [0.25, 0.3) is 0 Å². The predicted octanol–water partition coefficient (Wildman–Crippen LogP) is 1.92. The topological polar surface area (TPSA) is 23.5 Å². The van der Waals surface area contributed by atoms with Crippen molar-refractivity contribution in [3.8, 4) is 0 Å². The van der Waals surface area contributed by atoms with E-state index in [1.807, 2.05) is 11.8 Å². The molecule has 0 aromatic heterocycles. The maximum atomic E-state index is 13.3. The van der Waals surface area contributed by atoms with Crippen molar-refractivity contribution in [2.75, 3.05) is 13.1 Å². The van der Waals surface area contributed by atoms with E-state index < -0.39 is 17.2 Å². The van der Waals surface area contributed by atoms with Gasteiger partial charge < -0.3 is 5.11 Å². The number of halogens is 2. The molecule has 0 spiro atoms. The zero-order valence-corrected chi connectivity index (χ0v) is 9.21. The van der Waals surface area contributed by atoms with Gasteiger partial charge in [0.25, 0.3) is 0 Å². The van der Waals surface area contributed by atoms with Gasteiger partial charge >= 0.3 is 0 Å². The normalized spacial score (nSPS) is 19.5. The molecule has 88 valence electrons. The SMILES string of the molecule is CCC1(O)CN(Cc2c(F)cccc2F)C1. The van der Waals surface area contributed by atoms with Gasteiger partial charge in [0.1, 0.15) is 11.6 Å². The van der Waals surface area contributed by atoms with Crippen LogP contribution in [0.5, 0.6) is 0 Å². The Hall–Kier alpha value is -1.00. The molecule has 2 rings (SSSR count). The first-order valence-corrected chi connectivity index (χ1v) is 5.42. The Morgan fingerprint density at radius 2 is 1.88 bits per heavy atom. The van der Waals surface area contributed by atoms with Crippen molar-refractivity contribution in [3.63, 3.8) is 0 Å². The predicted molar refractivity (Wildman–Crippen MR) is 56.9 cm³/mol. The number of hydrogen-bond donors (Lipinski definition) is 1. The van der Waals surface area contributed by atoms with Gasteiger partial charge in [-0.2, -0.15) is 0 Å². The summed E-state index contributed by atoms with van der Waals surface area (Å²) in [7, 11) is 0. The molecule has 1 aromatic rings. The number of likely N-dealkylation sites (tertiary alicyclic amines) is 1. The van der Waals surface area contributed by atoms with E-state index in [0.29, 0.717) is 19.5 Å². The lowest BCUT2D eigenvalue weighted by atomic mass is 9.91. The van der Waals surface area contributed by atoms with E-state index in [-0.39, 0.29) is 12.1 Å². The summed E-state index contributed by atoms with van der Waals surface area (Å²) < 4.78 is 26.6. The van der Waals surface area contributed by atoms with Crippen LogP contribution in [0.15, 0.2) is 18.2 Å². The van der Waals surface area contributed by atoms with Crippen molar-refractivity contribution in [1.82, 2.24) is 4.90 Å². The van der Waals surface area contributed by atoms with Gasteiger partial charge in [0, 0.05) is 25.2 Å². The van der Waals surface area contributed by atoms with Gasteiger partial charge in [0.05, 0.1) is 5.60 Å². The molecular weight excluding hydrogens is 212 g/mol. The molecule has 0 amide bonds. The van der Waals surface area contributed by atoms with E-state index in [2.05, 4.69) is 0 Å². The van der Waals surface area contributed by atoms with E-state index in [1.54, 1.807) is 0 Å². The highest BCUT2D eigenvalue weighted by Gasteiger charge is 2.39. The largest absolute Gasteiger partial charge is 0.387 e. The van der Waals surface area contributed by atoms with E-state index in [9.17, 15) is 13.9 Å². The van der Waals surface area contributed by atoms with Crippen molar-refractivity contribution < 1.29 is 13.9 Å². The van der Waals surface area contributed by atoms with Crippen LogP contribution in [0.3, 0.4) is 0 Å². The highest BCUT2D eigenvalue weighted by atomic mass is 19.1. The number of benzene rings is 1. The molecule has 2 nitrogen and oxygen atoms in total. The molecule has 0 unspecified atom stereocenters. The van der Waals surface area contributed by atoms with Crippen LogP contribution < -0.4 is 0 Å². The third-order valence-electron chi connectivity index (χ3n) is 3.14. The zero-order valence-electron chi connectivity index (χ0n) is 9.21. The fourth-order valence-electron chi connectivity index (χ4n) is 2.03. The van der Waals surface area contributed by atoms with Crippen molar-refractivity contribution in [3.05, 3.63) is 35.4 Å². The minimum absolute atomic E-state index is 0.0839. The van der Waals surface area contributed by atoms with Gasteiger partial charge in [0.15, 0.2) is 0 Å².